The summed E-state index contributed by atoms with van der Waals surface area (Å²) in [5.74, 6) is 0.0261. The minimum Gasteiger partial charge on any atom is -0.440 e. The molecule has 0 radical (unpaired) electrons. The third-order valence-electron chi connectivity index (χ3n) is 6.00. The molecule has 0 amide bonds. The van der Waals surface area contributed by atoms with Crippen LogP contribution in [0.2, 0.25) is 0 Å². The average Bonchev–Trinajstić information content (AvgIpc) is 2.75. The van der Waals surface area contributed by atoms with Gasteiger partial charge in [-0.25, -0.2) is 0 Å². The first-order valence-electron chi connectivity index (χ1n) is 9.72. The number of aromatic nitrogens is 1. The van der Waals surface area contributed by atoms with E-state index in [-0.39, 0.29) is 17.0 Å². The van der Waals surface area contributed by atoms with Gasteiger partial charge in [-0.3, -0.25) is 4.79 Å². The molecule has 1 aliphatic heterocycles. The van der Waals surface area contributed by atoms with E-state index in [1.165, 1.54) is 0 Å². The summed E-state index contributed by atoms with van der Waals surface area (Å²) >= 11 is 0. The number of nitriles is 1. The second-order valence-electron chi connectivity index (χ2n) is 7.66. The SMILES string of the molecule is Cc1ccc2cc(C3C(C#N)=C(N)Oc4c3ccc3ccccc43)c(=O)[nH]c2c1C. The lowest BCUT2D eigenvalue weighted by Gasteiger charge is -2.27. The predicted octanol–water partition coefficient (Wildman–Crippen LogP) is 4.52. The van der Waals surface area contributed by atoms with Crippen LogP contribution in [0, 0.1) is 25.2 Å². The normalized spacial score (nSPS) is 15.7. The summed E-state index contributed by atoms with van der Waals surface area (Å²) in [5.41, 5.74) is 10.3. The molecule has 5 rings (SSSR count). The van der Waals surface area contributed by atoms with Crippen LogP contribution in [0.4, 0.5) is 0 Å². The zero-order valence-corrected chi connectivity index (χ0v) is 16.6. The second-order valence-corrected chi connectivity index (χ2v) is 7.66. The van der Waals surface area contributed by atoms with E-state index in [1.807, 2.05) is 68.4 Å². The monoisotopic (exact) mass is 393 g/mol. The van der Waals surface area contributed by atoms with Crippen molar-refractivity contribution in [3.05, 3.63) is 98.7 Å². The van der Waals surface area contributed by atoms with Crippen LogP contribution in [-0.2, 0) is 0 Å². The molecule has 1 atom stereocenters. The first-order valence-corrected chi connectivity index (χ1v) is 9.72. The molecule has 0 spiro atoms. The Labute approximate surface area is 173 Å². The standard InChI is InChI=1S/C25H19N3O2/c1-13-7-8-16-11-19(25(29)28-22(16)14(13)2)21-18-10-9-15-5-3-4-6-17(15)23(18)30-24(27)20(21)12-26/h3-11,21H,27H2,1-2H3,(H,28,29). The average molecular weight is 393 g/mol. The lowest BCUT2D eigenvalue weighted by Crippen LogP contribution is -2.25. The first kappa shape index (κ1) is 18.0. The van der Waals surface area contributed by atoms with Gasteiger partial charge in [-0.05, 0) is 41.8 Å². The topological polar surface area (TPSA) is 91.9 Å². The molecule has 0 saturated carbocycles. The van der Waals surface area contributed by atoms with Gasteiger partial charge in [0.05, 0.1) is 11.4 Å². The Morgan fingerprint density at radius 2 is 1.80 bits per heavy atom. The Morgan fingerprint density at radius 3 is 2.60 bits per heavy atom. The van der Waals surface area contributed by atoms with Crippen molar-refractivity contribution in [3.8, 4) is 11.8 Å². The van der Waals surface area contributed by atoms with E-state index in [1.54, 1.807) is 0 Å². The number of ether oxygens (including phenoxy) is 1. The number of pyridine rings is 1. The van der Waals surface area contributed by atoms with Crippen LogP contribution in [0.25, 0.3) is 21.7 Å². The quantitative estimate of drug-likeness (QED) is 0.497. The number of nitrogens with zero attached hydrogens (tertiary/aromatic N) is 1. The highest BCUT2D eigenvalue weighted by atomic mass is 16.5. The van der Waals surface area contributed by atoms with Crippen molar-refractivity contribution in [1.82, 2.24) is 4.98 Å². The van der Waals surface area contributed by atoms with Crippen LogP contribution in [0.15, 0.2) is 70.8 Å². The molecule has 1 unspecified atom stereocenters. The van der Waals surface area contributed by atoms with Crippen LogP contribution in [0.5, 0.6) is 5.75 Å². The van der Waals surface area contributed by atoms with E-state index >= 15 is 0 Å². The molecular weight excluding hydrogens is 374 g/mol. The fraction of sp³-hybridized carbons (Fsp3) is 0.120. The van der Waals surface area contributed by atoms with E-state index < -0.39 is 5.92 Å². The molecule has 0 bridgehead atoms. The number of hydrogen-bond acceptors (Lipinski definition) is 4. The number of rotatable bonds is 1. The van der Waals surface area contributed by atoms with Crippen molar-refractivity contribution < 1.29 is 4.74 Å². The molecular formula is C25H19N3O2. The number of fused-ring (bicyclic) bond motifs is 4. The fourth-order valence-electron chi connectivity index (χ4n) is 4.26. The van der Waals surface area contributed by atoms with E-state index in [2.05, 4.69) is 11.1 Å². The zero-order valence-electron chi connectivity index (χ0n) is 16.6. The summed E-state index contributed by atoms with van der Waals surface area (Å²) in [4.78, 5) is 16.2. The van der Waals surface area contributed by atoms with Crippen LogP contribution >= 0.6 is 0 Å². The Bertz CT molecular complexity index is 1490. The van der Waals surface area contributed by atoms with Crippen molar-refractivity contribution in [3.63, 3.8) is 0 Å². The van der Waals surface area contributed by atoms with E-state index in [0.29, 0.717) is 11.3 Å². The lowest BCUT2D eigenvalue weighted by atomic mass is 9.82. The van der Waals surface area contributed by atoms with Gasteiger partial charge in [-0.1, -0.05) is 48.5 Å². The third kappa shape index (κ3) is 2.51. The maximum Gasteiger partial charge on any atom is 0.252 e. The van der Waals surface area contributed by atoms with Gasteiger partial charge in [0, 0.05) is 16.5 Å². The summed E-state index contributed by atoms with van der Waals surface area (Å²) in [6, 6.07) is 19.7. The Balaban J connectivity index is 1.83. The number of nitrogens with one attached hydrogen (secondary N) is 1. The molecule has 146 valence electrons. The molecule has 0 aliphatic carbocycles. The molecule has 1 aromatic heterocycles. The summed E-state index contributed by atoms with van der Waals surface area (Å²) < 4.78 is 5.89. The first-order chi connectivity index (χ1) is 14.5. The number of aryl methyl sites for hydroxylation is 2. The Morgan fingerprint density at radius 1 is 1.03 bits per heavy atom. The molecule has 30 heavy (non-hydrogen) atoms. The summed E-state index contributed by atoms with van der Waals surface area (Å²) in [5, 5.41) is 12.6. The van der Waals surface area contributed by atoms with Crippen LogP contribution < -0.4 is 16.0 Å². The minimum absolute atomic E-state index is 0.0333. The van der Waals surface area contributed by atoms with Crippen molar-refractivity contribution in [2.24, 2.45) is 5.73 Å². The second kappa shape index (κ2) is 6.50. The number of allylic oxidation sites excluding steroid dienone is 1. The van der Waals surface area contributed by atoms with E-state index in [9.17, 15) is 10.1 Å². The Kier molecular flexibility index (Phi) is 3.90. The van der Waals surface area contributed by atoms with Crippen molar-refractivity contribution >= 4 is 21.7 Å². The largest absolute Gasteiger partial charge is 0.440 e. The Hall–Kier alpha value is -4.04. The van der Waals surface area contributed by atoms with Gasteiger partial charge in [0.2, 0.25) is 5.88 Å². The van der Waals surface area contributed by atoms with Gasteiger partial charge >= 0.3 is 0 Å². The molecule has 2 heterocycles. The van der Waals surface area contributed by atoms with Gasteiger partial charge < -0.3 is 15.5 Å². The van der Waals surface area contributed by atoms with Gasteiger partial charge in [0.15, 0.2) is 0 Å². The van der Waals surface area contributed by atoms with E-state index in [4.69, 9.17) is 10.5 Å². The highest BCUT2D eigenvalue weighted by Gasteiger charge is 2.33. The number of benzene rings is 3. The summed E-state index contributed by atoms with van der Waals surface area (Å²) in [6.07, 6.45) is 0. The number of H-pyrrole nitrogens is 1. The molecule has 4 aromatic rings. The van der Waals surface area contributed by atoms with Gasteiger partial charge in [-0.2, -0.15) is 5.26 Å². The van der Waals surface area contributed by atoms with Crippen molar-refractivity contribution in [1.29, 1.82) is 5.26 Å². The molecule has 3 N–H and O–H groups in total. The highest BCUT2D eigenvalue weighted by Crippen LogP contribution is 2.44. The van der Waals surface area contributed by atoms with Crippen LogP contribution in [0.1, 0.15) is 28.2 Å². The zero-order chi connectivity index (χ0) is 21.0. The van der Waals surface area contributed by atoms with Crippen molar-refractivity contribution in [2.75, 3.05) is 0 Å². The number of hydrogen-bond donors (Lipinski definition) is 2. The molecule has 3 aromatic carbocycles. The van der Waals surface area contributed by atoms with Gasteiger partial charge in [0.25, 0.3) is 5.56 Å². The maximum absolute atomic E-state index is 13.2. The molecule has 5 nitrogen and oxygen atoms in total. The van der Waals surface area contributed by atoms with Crippen LogP contribution in [-0.4, -0.2) is 4.98 Å². The molecule has 1 aliphatic rings. The number of nitrogens with two attached hydrogens (primary N) is 1. The smallest absolute Gasteiger partial charge is 0.252 e. The van der Waals surface area contributed by atoms with Crippen molar-refractivity contribution in [2.45, 2.75) is 19.8 Å². The molecule has 5 heteroatoms. The van der Waals surface area contributed by atoms with Gasteiger partial charge in [0.1, 0.15) is 17.4 Å². The predicted molar refractivity (Wildman–Crippen MR) is 117 cm³/mol. The molecule has 0 saturated heterocycles. The molecule has 0 fully saturated rings. The van der Waals surface area contributed by atoms with E-state index in [0.717, 1.165) is 38.4 Å². The van der Waals surface area contributed by atoms with Gasteiger partial charge in [-0.15, -0.1) is 0 Å². The summed E-state index contributed by atoms with van der Waals surface area (Å²) in [6.45, 7) is 4.00. The number of aromatic amines is 1. The third-order valence-corrected chi connectivity index (χ3v) is 6.00. The minimum atomic E-state index is -0.599. The lowest BCUT2D eigenvalue weighted by molar-refractivity contribution is 0.398. The fourth-order valence-corrected chi connectivity index (χ4v) is 4.26. The van der Waals surface area contributed by atoms with Crippen LogP contribution in [0.3, 0.4) is 0 Å². The maximum atomic E-state index is 13.2. The highest BCUT2D eigenvalue weighted by molar-refractivity contribution is 5.91. The summed E-state index contributed by atoms with van der Waals surface area (Å²) in [7, 11) is 0.